The van der Waals surface area contributed by atoms with E-state index in [1.165, 1.54) is 0 Å². The highest BCUT2D eigenvalue weighted by Gasteiger charge is 2.37. The van der Waals surface area contributed by atoms with Gasteiger partial charge in [-0.25, -0.2) is 0 Å². The molecule has 172 valence electrons. The van der Waals surface area contributed by atoms with E-state index in [0.717, 1.165) is 57.6 Å². The number of likely N-dealkylation sites (tertiary alicyclic amines) is 2. The van der Waals surface area contributed by atoms with Crippen molar-refractivity contribution < 1.29 is 14.3 Å². The Kier molecular flexibility index (Phi) is 7.21. The Bertz CT molecular complexity index is 875. The van der Waals surface area contributed by atoms with Crippen molar-refractivity contribution in [3.05, 3.63) is 53.8 Å². The summed E-state index contributed by atoms with van der Waals surface area (Å²) in [5, 5.41) is 0.650. The Morgan fingerprint density at radius 1 is 0.938 bits per heavy atom. The summed E-state index contributed by atoms with van der Waals surface area (Å²) in [6.45, 7) is 7.29. The van der Waals surface area contributed by atoms with Crippen LogP contribution < -0.4 is 9.47 Å². The molecule has 0 atom stereocenters. The number of hydrogen-bond acceptors (Lipinski definition) is 5. The number of hydrogen-bond donors (Lipinski definition) is 0. The van der Waals surface area contributed by atoms with E-state index >= 15 is 0 Å². The maximum Gasteiger partial charge on any atom is 0.266 e. The lowest BCUT2D eigenvalue weighted by Crippen LogP contribution is -2.54. The Hall–Kier alpha value is -2.31. The van der Waals surface area contributed by atoms with Gasteiger partial charge in [-0.3, -0.25) is 14.7 Å². The van der Waals surface area contributed by atoms with Crippen LogP contribution in [0.4, 0.5) is 0 Å². The first kappa shape index (κ1) is 22.9. The molecule has 0 saturated carbocycles. The summed E-state index contributed by atoms with van der Waals surface area (Å²) in [6.07, 6.45) is 7.86. The standard InChI is InChI=1S/C25H32ClN3O3/c1-25(2,32-23-5-3-19(26)4-6-23)24(30)29-15-9-20(10-16-29)28-17-11-22(12-18-28)31-21-7-13-27-14-8-21/h3-8,13-14,20,22H,9-12,15-18H2,1-2H3. The molecule has 6 nitrogen and oxygen atoms in total. The quantitative estimate of drug-likeness (QED) is 0.642. The molecule has 0 radical (unpaired) electrons. The van der Waals surface area contributed by atoms with Crippen molar-refractivity contribution in [1.29, 1.82) is 0 Å². The molecule has 2 saturated heterocycles. The molecular formula is C25H32ClN3O3. The molecule has 0 bridgehead atoms. The topological polar surface area (TPSA) is 54.9 Å². The number of pyridine rings is 1. The maximum atomic E-state index is 13.1. The highest BCUT2D eigenvalue weighted by atomic mass is 35.5. The van der Waals surface area contributed by atoms with E-state index in [1.54, 1.807) is 36.7 Å². The van der Waals surface area contributed by atoms with E-state index in [1.807, 2.05) is 30.9 Å². The van der Waals surface area contributed by atoms with Crippen LogP contribution in [0.3, 0.4) is 0 Å². The van der Waals surface area contributed by atoms with Gasteiger partial charge in [-0.1, -0.05) is 11.6 Å². The third-order valence-electron chi connectivity index (χ3n) is 6.40. The number of carbonyl (C=O) groups excluding carboxylic acids is 1. The minimum Gasteiger partial charge on any atom is -0.490 e. The minimum atomic E-state index is -0.913. The number of benzene rings is 1. The monoisotopic (exact) mass is 457 g/mol. The average molecular weight is 458 g/mol. The van der Waals surface area contributed by atoms with Crippen molar-refractivity contribution >= 4 is 17.5 Å². The van der Waals surface area contributed by atoms with Crippen LogP contribution in [0.15, 0.2) is 48.8 Å². The molecule has 3 heterocycles. The van der Waals surface area contributed by atoms with E-state index < -0.39 is 5.60 Å². The summed E-state index contributed by atoms with van der Waals surface area (Å²) in [4.78, 5) is 21.7. The van der Waals surface area contributed by atoms with Crippen LogP contribution in [-0.2, 0) is 4.79 Å². The zero-order valence-electron chi connectivity index (χ0n) is 18.9. The van der Waals surface area contributed by atoms with Crippen molar-refractivity contribution in [2.75, 3.05) is 26.2 Å². The van der Waals surface area contributed by atoms with Gasteiger partial charge in [0.25, 0.3) is 5.91 Å². The second-order valence-corrected chi connectivity index (χ2v) is 9.56. The third kappa shape index (κ3) is 5.73. The van der Waals surface area contributed by atoms with Gasteiger partial charge in [0.15, 0.2) is 5.60 Å². The van der Waals surface area contributed by atoms with Gasteiger partial charge in [0.2, 0.25) is 0 Å². The van der Waals surface area contributed by atoms with Gasteiger partial charge in [0.05, 0.1) is 0 Å². The number of amides is 1. The minimum absolute atomic E-state index is 0.0374. The molecule has 1 aromatic carbocycles. The smallest absolute Gasteiger partial charge is 0.266 e. The lowest BCUT2D eigenvalue weighted by Gasteiger charge is -2.43. The van der Waals surface area contributed by atoms with Crippen molar-refractivity contribution in [3.63, 3.8) is 0 Å². The molecule has 0 N–H and O–H groups in total. The average Bonchev–Trinajstić information content (AvgIpc) is 2.81. The van der Waals surface area contributed by atoms with Crippen LogP contribution in [0.1, 0.15) is 39.5 Å². The Morgan fingerprint density at radius 3 is 2.19 bits per heavy atom. The summed E-state index contributed by atoms with van der Waals surface area (Å²) < 4.78 is 12.1. The number of aromatic nitrogens is 1. The Labute approximate surface area is 195 Å². The second kappa shape index (κ2) is 10.1. The molecule has 2 aliphatic rings. The predicted octanol–water partition coefficient (Wildman–Crippen LogP) is 4.43. The van der Waals surface area contributed by atoms with E-state index in [4.69, 9.17) is 21.1 Å². The van der Waals surface area contributed by atoms with Crippen LogP contribution in [0.25, 0.3) is 0 Å². The molecule has 2 fully saturated rings. The highest BCUT2D eigenvalue weighted by molar-refractivity contribution is 6.30. The van der Waals surface area contributed by atoms with Crippen LogP contribution >= 0.6 is 11.6 Å². The van der Waals surface area contributed by atoms with E-state index in [2.05, 4.69) is 9.88 Å². The fourth-order valence-electron chi connectivity index (χ4n) is 4.62. The largest absolute Gasteiger partial charge is 0.490 e. The van der Waals surface area contributed by atoms with E-state index in [-0.39, 0.29) is 12.0 Å². The van der Waals surface area contributed by atoms with Crippen LogP contribution in [0.2, 0.25) is 5.02 Å². The van der Waals surface area contributed by atoms with Gasteiger partial charge in [-0.05, 0) is 75.9 Å². The zero-order valence-corrected chi connectivity index (χ0v) is 19.6. The number of nitrogens with zero attached hydrogens (tertiary/aromatic N) is 3. The lowest BCUT2D eigenvalue weighted by atomic mass is 9.97. The lowest BCUT2D eigenvalue weighted by molar-refractivity contribution is -0.147. The molecule has 1 aromatic heterocycles. The summed E-state index contributed by atoms with van der Waals surface area (Å²) in [7, 11) is 0. The van der Waals surface area contributed by atoms with Gasteiger partial charge in [-0.2, -0.15) is 0 Å². The van der Waals surface area contributed by atoms with Gasteiger partial charge >= 0.3 is 0 Å². The van der Waals surface area contributed by atoms with Crippen molar-refractivity contribution in [2.45, 2.75) is 57.3 Å². The van der Waals surface area contributed by atoms with E-state index in [9.17, 15) is 4.79 Å². The molecule has 32 heavy (non-hydrogen) atoms. The number of piperidine rings is 2. The molecule has 7 heteroatoms. The first-order valence-electron chi connectivity index (χ1n) is 11.5. The van der Waals surface area contributed by atoms with Crippen molar-refractivity contribution in [3.8, 4) is 11.5 Å². The number of ether oxygens (including phenoxy) is 2. The Morgan fingerprint density at radius 2 is 1.56 bits per heavy atom. The van der Waals surface area contributed by atoms with Gasteiger partial charge < -0.3 is 14.4 Å². The SMILES string of the molecule is CC(C)(Oc1ccc(Cl)cc1)C(=O)N1CCC(N2CCC(Oc3ccncc3)CC2)CC1. The number of rotatable bonds is 6. The van der Waals surface area contributed by atoms with E-state index in [0.29, 0.717) is 16.8 Å². The molecule has 2 aromatic rings. The van der Waals surface area contributed by atoms with Crippen LogP contribution in [0, 0.1) is 0 Å². The second-order valence-electron chi connectivity index (χ2n) is 9.13. The summed E-state index contributed by atoms with van der Waals surface area (Å²) >= 11 is 5.95. The van der Waals surface area contributed by atoms with Crippen molar-refractivity contribution in [1.82, 2.24) is 14.8 Å². The fraction of sp³-hybridized carbons (Fsp3) is 0.520. The summed E-state index contributed by atoms with van der Waals surface area (Å²) in [5.74, 6) is 1.59. The fourth-order valence-corrected chi connectivity index (χ4v) is 4.75. The third-order valence-corrected chi connectivity index (χ3v) is 6.65. The molecular weight excluding hydrogens is 426 g/mol. The molecule has 0 unspecified atom stereocenters. The van der Waals surface area contributed by atoms with Gasteiger partial charge in [-0.15, -0.1) is 0 Å². The van der Waals surface area contributed by atoms with Crippen molar-refractivity contribution in [2.24, 2.45) is 0 Å². The first-order valence-corrected chi connectivity index (χ1v) is 11.8. The molecule has 4 rings (SSSR count). The van der Waals surface area contributed by atoms with Gasteiger partial charge in [0.1, 0.15) is 17.6 Å². The molecule has 2 aliphatic heterocycles. The first-order chi connectivity index (χ1) is 15.4. The molecule has 0 spiro atoms. The molecule has 0 aliphatic carbocycles. The number of carbonyl (C=O) groups is 1. The predicted molar refractivity (Wildman–Crippen MR) is 125 cm³/mol. The normalized spacial score (nSPS) is 19.0. The van der Waals surface area contributed by atoms with Crippen LogP contribution in [-0.4, -0.2) is 64.6 Å². The molecule has 1 amide bonds. The maximum absolute atomic E-state index is 13.1. The summed E-state index contributed by atoms with van der Waals surface area (Å²) in [5.41, 5.74) is -0.913. The number of halogens is 1. The highest BCUT2D eigenvalue weighted by Crippen LogP contribution is 2.27. The zero-order chi connectivity index (χ0) is 22.6. The Balaban J connectivity index is 1.23. The van der Waals surface area contributed by atoms with Gasteiger partial charge in [0, 0.05) is 49.6 Å². The van der Waals surface area contributed by atoms with Crippen LogP contribution in [0.5, 0.6) is 11.5 Å². The summed E-state index contributed by atoms with van der Waals surface area (Å²) in [6, 6.07) is 11.5.